The van der Waals surface area contributed by atoms with Crippen molar-refractivity contribution in [3.05, 3.63) is 81.8 Å². The van der Waals surface area contributed by atoms with Gasteiger partial charge in [0.1, 0.15) is 11.1 Å². The summed E-state index contributed by atoms with van der Waals surface area (Å²) in [5, 5.41) is 5.51. The number of benzene rings is 1. The fraction of sp³-hybridized carbons (Fsp3) is 0.423. The first-order valence-corrected chi connectivity index (χ1v) is 11.5. The highest BCUT2D eigenvalue weighted by Crippen LogP contribution is 2.69. The van der Waals surface area contributed by atoms with Crippen molar-refractivity contribution in [1.29, 1.82) is 0 Å². The van der Waals surface area contributed by atoms with Crippen LogP contribution in [0.3, 0.4) is 0 Å². The van der Waals surface area contributed by atoms with Crippen molar-refractivity contribution in [1.82, 2.24) is 15.2 Å². The number of nitrogens with zero attached hydrogens (tertiary/aromatic N) is 1. The molecule has 2 bridgehead atoms. The summed E-state index contributed by atoms with van der Waals surface area (Å²) in [7, 11) is 1.49. The average Bonchev–Trinajstić information content (AvgIpc) is 3.49. The Morgan fingerprint density at radius 1 is 1.06 bits per heavy atom. The molecule has 5 rings (SSSR count). The Bertz CT molecular complexity index is 1130. The lowest BCUT2D eigenvalue weighted by atomic mass is 9.89. The Labute approximate surface area is 187 Å². The largest absolute Gasteiger partial charge is 0.355 e. The molecule has 3 atom stereocenters. The van der Waals surface area contributed by atoms with E-state index in [0.29, 0.717) is 36.3 Å². The van der Waals surface area contributed by atoms with Crippen molar-refractivity contribution in [2.24, 2.45) is 23.2 Å². The van der Waals surface area contributed by atoms with E-state index >= 15 is 0 Å². The number of hydrogen-bond donors (Lipinski definition) is 2. The average molecular weight is 432 g/mol. The number of amides is 2. The van der Waals surface area contributed by atoms with Crippen LogP contribution in [0, 0.1) is 23.2 Å². The van der Waals surface area contributed by atoms with Crippen molar-refractivity contribution >= 4 is 11.8 Å². The number of carbonyl (C=O) groups is 2. The summed E-state index contributed by atoms with van der Waals surface area (Å²) in [4.78, 5) is 38.3. The van der Waals surface area contributed by atoms with E-state index in [-0.39, 0.29) is 11.1 Å². The van der Waals surface area contributed by atoms with E-state index in [1.807, 2.05) is 30.3 Å². The second kappa shape index (κ2) is 8.08. The summed E-state index contributed by atoms with van der Waals surface area (Å²) >= 11 is 0. The van der Waals surface area contributed by atoms with Gasteiger partial charge in [-0.3, -0.25) is 14.4 Å². The van der Waals surface area contributed by atoms with Gasteiger partial charge in [0.25, 0.3) is 11.8 Å². The van der Waals surface area contributed by atoms with Crippen LogP contribution in [0.4, 0.5) is 0 Å². The number of allylic oxidation sites excluding steroid dienone is 2. The molecule has 166 valence electrons. The molecule has 1 aromatic heterocycles. The first-order chi connectivity index (χ1) is 15.5. The molecule has 0 unspecified atom stereocenters. The van der Waals surface area contributed by atoms with Gasteiger partial charge in [0, 0.05) is 32.5 Å². The van der Waals surface area contributed by atoms with Gasteiger partial charge in [-0.25, -0.2) is 0 Å². The number of carbonyl (C=O) groups excluding carboxylic acids is 2. The Morgan fingerprint density at radius 3 is 2.44 bits per heavy atom. The van der Waals surface area contributed by atoms with Crippen LogP contribution in [-0.2, 0) is 13.0 Å². The zero-order chi connectivity index (χ0) is 22.3. The Morgan fingerprint density at radius 2 is 1.78 bits per heavy atom. The lowest BCUT2D eigenvalue weighted by Gasteiger charge is -2.20. The van der Waals surface area contributed by atoms with Gasteiger partial charge < -0.3 is 15.2 Å². The highest BCUT2D eigenvalue weighted by Gasteiger charge is 2.62. The Balaban J connectivity index is 1.33. The minimum Gasteiger partial charge on any atom is -0.355 e. The minimum atomic E-state index is -0.524. The molecular formula is C26H29N3O3. The molecule has 6 heteroatoms. The normalized spacial score (nSPS) is 24.0. The van der Waals surface area contributed by atoms with E-state index in [4.69, 9.17) is 0 Å². The van der Waals surface area contributed by atoms with Crippen molar-refractivity contribution in [3.63, 3.8) is 0 Å². The van der Waals surface area contributed by atoms with Gasteiger partial charge in [0.15, 0.2) is 0 Å². The number of nitrogens with one attached hydrogen (secondary N) is 2. The number of hydrogen-bond acceptors (Lipinski definition) is 3. The molecule has 1 heterocycles. The Kier molecular flexibility index (Phi) is 5.24. The van der Waals surface area contributed by atoms with E-state index < -0.39 is 17.2 Å². The van der Waals surface area contributed by atoms with E-state index in [1.165, 1.54) is 19.9 Å². The predicted molar refractivity (Wildman–Crippen MR) is 122 cm³/mol. The lowest BCUT2D eigenvalue weighted by Crippen LogP contribution is -2.37. The lowest BCUT2D eigenvalue weighted by molar-refractivity contribution is 0.0942. The standard InChI is InChI=1S/C26H29N3O3/c1-27-24(31)20-15-29(12-9-17-5-3-2-4-6-17)16-21(23(20)30)25(32)28-14-18-13-19-7-8-22(18)26(19)10-11-26/h2-8,15-16,18-19,22H,9-14H2,1H3,(H,27,31)(H,28,32)/t18-,19+,22+/m0/s1. The van der Waals surface area contributed by atoms with Gasteiger partial charge in [0.05, 0.1) is 0 Å². The maximum Gasteiger partial charge on any atom is 0.256 e. The third-order valence-corrected chi connectivity index (χ3v) is 7.67. The zero-order valence-electron chi connectivity index (χ0n) is 18.3. The van der Waals surface area contributed by atoms with Crippen LogP contribution >= 0.6 is 0 Å². The molecule has 1 aromatic carbocycles. The number of aryl methyl sites for hydroxylation is 2. The van der Waals surface area contributed by atoms with Gasteiger partial charge in [-0.2, -0.15) is 0 Å². The molecule has 32 heavy (non-hydrogen) atoms. The smallest absolute Gasteiger partial charge is 0.256 e. The number of pyridine rings is 1. The van der Waals surface area contributed by atoms with E-state index in [2.05, 4.69) is 22.8 Å². The molecule has 3 aliphatic rings. The number of aromatic nitrogens is 1. The Hall–Kier alpha value is -3.15. The van der Waals surface area contributed by atoms with Gasteiger partial charge in [-0.05, 0) is 54.4 Å². The van der Waals surface area contributed by atoms with Gasteiger partial charge in [-0.1, -0.05) is 42.5 Å². The van der Waals surface area contributed by atoms with E-state index in [1.54, 1.807) is 17.0 Å². The van der Waals surface area contributed by atoms with Crippen LogP contribution in [0.25, 0.3) is 0 Å². The van der Waals surface area contributed by atoms with Crippen molar-refractivity contribution in [2.45, 2.75) is 32.2 Å². The highest BCUT2D eigenvalue weighted by molar-refractivity contribution is 5.99. The predicted octanol–water partition coefficient (Wildman–Crippen LogP) is 2.78. The molecule has 2 saturated carbocycles. The van der Waals surface area contributed by atoms with Crippen molar-refractivity contribution in [3.8, 4) is 0 Å². The molecule has 2 aromatic rings. The minimum absolute atomic E-state index is 0.00648. The molecular weight excluding hydrogens is 402 g/mol. The van der Waals surface area contributed by atoms with Gasteiger partial charge in [0.2, 0.25) is 5.43 Å². The van der Waals surface area contributed by atoms with Crippen molar-refractivity contribution in [2.75, 3.05) is 13.6 Å². The molecule has 3 aliphatic carbocycles. The molecule has 0 aliphatic heterocycles. The van der Waals surface area contributed by atoms with Crippen LogP contribution < -0.4 is 16.1 Å². The fourth-order valence-electron chi connectivity index (χ4n) is 5.80. The maximum absolute atomic E-state index is 13.0. The summed E-state index contributed by atoms with van der Waals surface area (Å²) in [5.41, 5.74) is 1.12. The van der Waals surface area contributed by atoms with Crippen LogP contribution in [0.2, 0.25) is 0 Å². The number of rotatable bonds is 7. The van der Waals surface area contributed by atoms with Gasteiger partial charge >= 0.3 is 0 Å². The molecule has 6 nitrogen and oxygen atoms in total. The van der Waals surface area contributed by atoms with Crippen LogP contribution in [0.15, 0.2) is 59.7 Å². The zero-order valence-corrected chi connectivity index (χ0v) is 18.3. The van der Waals surface area contributed by atoms with E-state index in [0.717, 1.165) is 18.4 Å². The highest BCUT2D eigenvalue weighted by atomic mass is 16.2. The SMILES string of the molecule is CNC(=O)c1cn(CCc2ccccc2)cc(C(=O)NC[C@@H]2C[C@H]3C=C[C@H]2C32CC2)c1=O. The first kappa shape index (κ1) is 20.7. The van der Waals surface area contributed by atoms with Crippen LogP contribution in [0.1, 0.15) is 45.5 Å². The summed E-state index contributed by atoms with van der Waals surface area (Å²) in [5.74, 6) is 0.755. The second-order valence-electron chi connectivity index (χ2n) is 9.42. The van der Waals surface area contributed by atoms with Crippen molar-refractivity contribution < 1.29 is 9.59 Å². The summed E-state index contributed by atoms with van der Waals surface area (Å²) in [6.07, 6.45) is 12.2. The monoisotopic (exact) mass is 431 g/mol. The molecule has 1 spiro atoms. The molecule has 0 radical (unpaired) electrons. The van der Waals surface area contributed by atoms with Crippen LogP contribution in [0.5, 0.6) is 0 Å². The third-order valence-electron chi connectivity index (χ3n) is 7.67. The fourth-order valence-corrected chi connectivity index (χ4v) is 5.80. The van der Waals surface area contributed by atoms with Gasteiger partial charge in [-0.15, -0.1) is 0 Å². The molecule has 0 saturated heterocycles. The topological polar surface area (TPSA) is 80.2 Å². The summed E-state index contributed by atoms with van der Waals surface area (Å²) in [6.45, 7) is 1.13. The second-order valence-corrected chi connectivity index (χ2v) is 9.42. The summed E-state index contributed by atoms with van der Waals surface area (Å²) in [6, 6.07) is 9.99. The van der Waals surface area contributed by atoms with E-state index in [9.17, 15) is 14.4 Å². The molecule has 2 amide bonds. The summed E-state index contributed by atoms with van der Waals surface area (Å²) < 4.78 is 1.77. The third kappa shape index (κ3) is 3.57. The molecule has 2 fully saturated rings. The first-order valence-electron chi connectivity index (χ1n) is 11.5. The van der Waals surface area contributed by atoms with Crippen LogP contribution in [-0.4, -0.2) is 30.0 Å². The quantitative estimate of drug-likeness (QED) is 0.662. The maximum atomic E-state index is 13.0. The molecule has 2 N–H and O–H groups in total.